The number of amides is 1. The van der Waals surface area contributed by atoms with Crippen LogP contribution in [-0.4, -0.2) is 56.4 Å². The summed E-state index contributed by atoms with van der Waals surface area (Å²) >= 11 is 0. The summed E-state index contributed by atoms with van der Waals surface area (Å²) < 4.78 is 5.53. The van der Waals surface area contributed by atoms with Gasteiger partial charge in [-0.1, -0.05) is 0 Å². The number of nitrogens with one attached hydrogen (secondary N) is 2. The van der Waals surface area contributed by atoms with Gasteiger partial charge in [-0.15, -0.1) is 0 Å². The Hall–Kier alpha value is -2.48. The molecule has 1 aliphatic heterocycles. The predicted molar refractivity (Wildman–Crippen MR) is 88.2 cm³/mol. The fourth-order valence-corrected chi connectivity index (χ4v) is 2.58. The van der Waals surface area contributed by atoms with Gasteiger partial charge in [0.15, 0.2) is 5.82 Å². The summed E-state index contributed by atoms with van der Waals surface area (Å²) in [6.45, 7) is 7.53. The molecule has 1 amide bonds. The molecule has 2 N–H and O–H groups in total. The second-order valence-electron chi connectivity index (χ2n) is 6.69. The zero-order valence-electron chi connectivity index (χ0n) is 14.1. The lowest BCUT2D eigenvalue weighted by Crippen LogP contribution is -2.50. The van der Waals surface area contributed by atoms with Crippen LogP contribution in [0.3, 0.4) is 0 Å². The van der Waals surface area contributed by atoms with Gasteiger partial charge in [0.25, 0.3) is 0 Å². The molecule has 0 aromatic carbocycles. The van der Waals surface area contributed by atoms with Crippen molar-refractivity contribution in [1.29, 1.82) is 0 Å². The van der Waals surface area contributed by atoms with Gasteiger partial charge in [-0.3, -0.25) is 10.00 Å². The van der Waals surface area contributed by atoms with Crippen molar-refractivity contribution in [2.75, 3.05) is 19.6 Å². The van der Waals surface area contributed by atoms with Gasteiger partial charge in [0, 0.05) is 32.0 Å². The quantitative estimate of drug-likeness (QED) is 0.871. The Morgan fingerprint density at radius 1 is 1.42 bits per heavy atom. The fraction of sp³-hybridized carbons (Fsp3) is 0.500. The summed E-state index contributed by atoms with van der Waals surface area (Å²) in [4.78, 5) is 23.1. The van der Waals surface area contributed by atoms with E-state index in [0.29, 0.717) is 18.9 Å². The minimum Gasteiger partial charge on any atom is -0.444 e. The van der Waals surface area contributed by atoms with E-state index in [2.05, 4.69) is 25.5 Å². The highest BCUT2D eigenvalue weighted by molar-refractivity contribution is 5.69. The predicted octanol–water partition coefficient (Wildman–Crippen LogP) is 1.75. The summed E-state index contributed by atoms with van der Waals surface area (Å²) in [6.07, 6.45) is 4.79. The lowest BCUT2D eigenvalue weighted by Gasteiger charge is -2.36. The number of hydrogen-bond donors (Lipinski definition) is 2. The molecule has 8 nitrogen and oxygen atoms in total. The normalized spacial score (nSPS) is 18.5. The average Bonchev–Trinajstić information content (AvgIpc) is 3.08. The zero-order valence-corrected chi connectivity index (χ0v) is 14.1. The van der Waals surface area contributed by atoms with Crippen LogP contribution in [0.5, 0.6) is 0 Å². The Labute approximate surface area is 140 Å². The minimum absolute atomic E-state index is 0.192. The van der Waals surface area contributed by atoms with Crippen LogP contribution in [0.25, 0.3) is 11.4 Å². The van der Waals surface area contributed by atoms with E-state index in [4.69, 9.17) is 4.74 Å². The summed E-state index contributed by atoms with van der Waals surface area (Å²) in [5.41, 5.74) is 1.06. The molecule has 1 fully saturated rings. The average molecular weight is 330 g/mol. The molecular weight excluding hydrogens is 308 g/mol. The zero-order chi connectivity index (χ0) is 17.2. The largest absolute Gasteiger partial charge is 0.444 e. The SMILES string of the molecule is CC(C)(C)OC(=O)N1CCNCC1c1ccnc(-c2cn[nH]c2)n1. The van der Waals surface area contributed by atoms with Gasteiger partial charge in [0.2, 0.25) is 0 Å². The monoisotopic (exact) mass is 330 g/mol. The molecule has 1 saturated heterocycles. The van der Waals surface area contributed by atoms with Gasteiger partial charge in [0.05, 0.1) is 23.5 Å². The number of aromatic amines is 1. The molecule has 2 aromatic rings. The third-order valence-corrected chi connectivity index (χ3v) is 3.65. The molecule has 0 saturated carbocycles. The number of rotatable bonds is 2. The molecule has 1 aliphatic rings. The Kier molecular flexibility index (Phi) is 4.48. The Morgan fingerprint density at radius 2 is 2.25 bits per heavy atom. The van der Waals surface area contributed by atoms with E-state index >= 15 is 0 Å². The highest BCUT2D eigenvalue weighted by Crippen LogP contribution is 2.24. The first kappa shape index (κ1) is 16.4. The summed E-state index contributed by atoms with van der Waals surface area (Å²) in [7, 11) is 0. The minimum atomic E-state index is -0.528. The maximum Gasteiger partial charge on any atom is 0.410 e. The van der Waals surface area contributed by atoms with Crippen molar-refractivity contribution in [3.8, 4) is 11.4 Å². The standard InChI is InChI=1S/C16H22N6O2/c1-16(2,3)24-15(23)22-7-6-17-10-13(22)12-4-5-18-14(21-12)11-8-19-20-9-11/h4-5,8-9,13,17H,6-7,10H2,1-3H3,(H,19,20). The van der Waals surface area contributed by atoms with Crippen LogP contribution >= 0.6 is 0 Å². The molecule has 128 valence electrons. The maximum atomic E-state index is 12.5. The number of H-pyrrole nitrogens is 1. The molecule has 24 heavy (non-hydrogen) atoms. The van der Waals surface area contributed by atoms with Crippen molar-refractivity contribution in [2.45, 2.75) is 32.4 Å². The number of piperazine rings is 1. The molecular formula is C16H22N6O2. The van der Waals surface area contributed by atoms with E-state index in [1.54, 1.807) is 23.5 Å². The van der Waals surface area contributed by atoms with Crippen molar-refractivity contribution < 1.29 is 9.53 Å². The second-order valence-corrected chi connectivity index (χ2v) is 6.69. The van der Waals surface area contributed by atoms with Gasteiger partial charge >= 0.3 is 6.09 Å². The van der Waals surface area contributed by atoms with Crippen LogP contribution in [0.2, 0.25) is 0 Å². The lowest BCUT2D eigenvalue weighted by atomic mass is 10.1. The fourth-order valence-electron chi connectivity index (χ4n) is 2.58. The van der Waals surface area contributed by atoms with E-state index < -0.39 is 5.60 Å². The van der Waals surface area contributed by atoms with Crippen LogP contribution in [-0.2, 0) is 4.74 Å². The molecule has 1 unspecified atom stereocenters. The number of carbonyl (C=O) groups excluding carboxylic acids is 1. The number of hydrogen-bond acceptors (Lipinski definition) is 6. The van der Waals surface area contributed by atoms with Crippen molar-refractivity contribution in [1.82, 2.24) is 30.4 Å². The molecule has 0 bridgehead atoms. The third kappa shape index (κ3) is 3.70. The highest BCUT2D eigenvalue weighted by atomic mass is 16.6. The Morgan fingerprint density at radius 3 is 2.96 bits per heavy atom. The summed E-state index contributed by atoms with van der Waals surface area (Å²) in [5, 5.41) is 9.98. The second kappa shape index (κ2) is 6.56. The van der Waals surface area contributed by atoms with Crippen molar-refractivity contribution in [2.24, 2.45) is 0 Å². The van der Waals surface area contributed by atoms with Gasteiger partial charge in [0.1, 0.15) is 5.60 Å². The van der Waals surface area contributed by atoms with Crippen molar-refractivity contribution >= 4 is 6.09 Å². The number of aromatic nitrogens is 4. The van der Waals surface area contributed by atoms with Crippen LogP contribution in [0.1, 0.15) is 32.5 Å². The molecule has 8 heteroatoms. The summed E-state index contributed by atoms with van der Waals surface area (Å²) in [6, 6.07) is 1.64. The number of nitrogens with zero attached hydrogens (tertiary/aromatic N) is 4. The van der Waals surface area contributed by atoms with Gasteiger partial charge in [-0.05, 0) is 26.8 Å². The lowest BCUT2D eigenvalue weighted by molar-refractivity contribution is 0.0113. The van der Waals surface area contributed by atoms with Crippen LogP contribution in [0.15, 0.2) is 24.7 Å². The van der Waals surface area contributed by atoms with Crippen molar-refractivity contribution in [3.05, 3.63) is 30.4 Å². The first-order valence-electron chi connectivity index (χ1n) is 7.96. The van der Waals surface area contributed by atoms with E-state index in [1.165, 1.54) is 0 Å². The van der Waals surface area contributed by atoms with E-state index in [1.807, 2.05) is 26.8 Å². The molecule has 1 atom stereocenters. The van der Waals surface area contributed by atoms with E-state index in [0.717, 1.165) is 17.8 Å². The topological polar surface area (TPSA) is 96.0 Å². The van der Waals surface area contributed by atoms with Crippen molar-refractivity contribution in [3.63, 3.8) is 0 Å². The molecule has 3 rings (SSSR count). The Bertz CT molecular complexity index is 695. The third-order valence-electron chi connectivity index (χ3n) is 3.65. The number of ether oxygens (including phenoxy) is 1. The summed E-state index contributed by atoms with van der Waals surface area (Å²) in [5.74, 6) is 0.580. The van der Waals surface area contributed by atoms with E-state index in [-0.39, 0.29) is 12.1 Å². The molecule has 3 heterocycles. The highest BCUT2D eigenvalue weighted by Gasteiger charge is 2.32. The first-order valence-corrected chi connectivity index (χ1v) is 7.96. The van der Waals surface area contributed by atoms with Gasteiger partial charge in [-0.2, -0.15) is 5.10 Å². The molecule has 0 radical (unpaired) electrons. The molecule has 2 aromatic heterocycles. The first-order chi connectivity index (χ1) is 11.4. The van der Waals surface area contributed by atoms with Crippen LogP contribution in [0, 0.1) is 0 Å². The Balaban J connectivity index is 1.85. The van der Waals surface area contributed by atoms with Crippen LogP contribution in [0.4, 0.5) is 4.79 Å². The smallest absolute Gasteiger partial charge is 0.410 e. The van der Waals surface area contributed by atoms with E-state index in [9.17, 15) is 4.79 Å². The van der Waals surface area contributed by atoms with Gasteiger partial charge < -0.3 is 10.1 Å². The molecule has 0 spiro atoms. The maximum absolute atomic E-state index is 12.5. The van der Waals surface area contributed by atoms with Crippen LogP contribution < -0.4 is 5.32 Å². The molecule has 0 aliphatic carbocycles. The van der Waals surface area contributed by atoms with Gasteiger partial charge in [-0.25, -0.2) is 14.8 Å². The number of carbonyl (C=O) groups is 1.